The molecule has 0 spiro atoms. The third-order valence-corrected chi connectivity index (χ3v) is 5.90. The van der Waals surface area contributed by atoms with E-state index in [0.717, 1.165) is 54.9 Å². The highest BCUT2D eigenvalue weighted by Crippen LogP contribution is 2.31. The molecular weight excluding hydrogens is 441 g/mol. The van der Waals surface area contributed by atoms with Crippen molar-refractivity contribution in [1.82, 2.24) is 24.8 Å². The highest BCUT2D eigenvalue weighted by Gasteiger charge is 2.30. The second-order valence-corrected chi connectivity index (χ2v) is 8.43. The average Bonchev–Trinajstić information content (AvgIpc) is 3.32. The Kier molecular flexibility index (Phi) is 5.87. The molecule has 5 rings (SSSR count). The van der Waals surface area contributed by atoms with Crippen molar-refractivity contribution in [3.05, 3.63) is 71.8 Å². The van der Waals surface area contributed by atoms with Crippen molar-refractivity contribution >= 4 is 22.5 Å². The van der Waals surface area contributed by atoms with Gasteiger partial charge >= 0.3 is 6.18 Å². The largest absolute Gasteiger partial charge is 0.416 e. The van der Waals surface area contributed by atoms with Crippen LogP contribution in [0.4, 0.5) is 24.7 Å². The minimum Gasteiger partial charge on any atom is -0.338 e. The Balaban J connectivity index is 1.55. The van der Waals surface area contributed by atoms with E-state index in [4.69, 9.17) is 4.98 Å². The smallest absolute Gasteiger partial charge is 0.338 e. The van der Waals surface area contributed by atoms with Crippen LogP contribution >= 0.6 is 0 Å². The first-order valence-corrected chi connectivity index (χ1v) is 11.1. The van der Waals surface area contributed by atoms with E-state index in [1.165, 1.54) is 12.1 Å². The van der Waals surface area contributed by atoms with Crippen molar-refractivity contribution in [2.45, 2.75) is 32.5 Å². The predicted octanol–water partition coefficient (Wildman–Crippen LogP) is 5.75. The molecule has 0 saturated carbocycles. The fourth-order valence-corrected chi connectivity index (χ4v) is 4.16. The van der Waals surface area contributed by atoms with Crippen LogP contribution in [-0.4, -0.2) is 37.9 Å². The lowest BCUT2D eigenvalue weighted by Gasteiger charge is -2.16. The number of likely N-dealkylation sites (tertiary alicyclic amines) is 1. The summed E-state index contributed by atoms with van der Waals surface area (Å²) in [5.41, 5.74) is 3.69. The number of aryl methyl sites for hydroxylation is 1. The standard InChI is InChI=1S/C25H23F3N6/c1-16-5-4-10-29-22(16)17-13-20-23(30-14-17)24(33-21(32-20)15-34-11-2-3-12-34)31-19-8-6-18(7-9-19)25(26,27)28/h4-10,13-14H,2-3,11-12,15H2,1H3,(H,31,32,33). The zero-order valence-electron chi connectivity index (χ0n) is 18.6. The maximum Gasteiger partial charge on any atom is 0.416 e. The number of alkyl halides is 3. The van der Waals surface area contributed by atoms with Gasteiger partial charge in [0, 0.05) is 23.6 Å². The van der Waals surface area contributed by atoms with Gasteiger partial charge in [-0.2, -0.15) is 13.2 Å². The van der Waals surface area contributed by atoms with Crippen molar-refractivity contribution in [3.63, 3.8) is 0 Å². The first-order chi connectivity index (χ1) is 16.4. The molecule has 9 heteroatoms. The number of hydrogen-bond donors (Lipinski definition) is 1. The summed E-state index contributed by atoms with van der Waals surface area (Å²) in [4.78, 5) is 20.8. The lowest BCUT2D eigenvalue weighted by molar-refractivity contribution is -0.137. The zero-order chi connectivity index (χ0) is 23.7. The number of aromatic nitrogens is 4. The van der Waals surface area contributed by atoms with Crippen LogP contribution in [0, 0.1) is 6.92 Å². The molecule has 34 heavy (non-hydrogen) atoms. The number of nitrogens with one attached hydrogen (secondary N) is 1. The molecule has 4 heterocycles. The van der Waals surface area contributed by atoms with Crippen molar-refractivity contribution in [3.8, 4) is 11.3 Å². The maximum atomic E-state index is 12.9. The molecule has 3 aromatic heterocycles. The zero-order valence-corrected chi connectivity index (χ0v) is 18.6. The maximum absolute atomic E-state index is 12.9. The molecule has 0 radical (unpaired) electrons. The van der Waals surface area contributed by atoms with Gasteiger partial charge in [-0.3, -0.25) is 9.88 Å². The molecule has 1 aliphatic rings. The van der Waals surface area contributed by atoms with Gasteiger partial charge in [0.2, 0.25) is 0 Å². The third-order valence-electron chi connectivity index (χ3n) is 5.90. The molecule has 0 atom stereocenters. The van der Waals surface area contributed by atoms with Crippen molar-refractivity contribution < 1.29 is 13.2 Å². The molecule has 0 unspecified atom stereocenters. The minimum atomic E-state index is -4.38. The Morgan fingerprint density at radius 1 is 1.00 bits per heavy atom. The summed E-state index contributed by atoms with van der Waals surface area (Å²) in [5, 5.41) is 3.15. The molecular formula is C25H23F3N6. The minimum absolute atomic E-state index is 0.461. The van der Waals surface area contributed by atoms with Crippen molar-refractivity contribution in [2.75, 3.05) is 18.4 Å². The van der Waals surface area contributed by atoms with Crippen molar-refractivity contribution in [2.24, 2.45) is 0 Å². The second-order valence-electron chi connectivity index (χ2n) is 8.43. The monoisotopic (exact) mass is 464 g/mol. The highest BCUT2D eigenvalue weighted by molar-refractivity contribution is 5.89. The molecule has 1 fully saturated rings. The lowest BCUT2D eigenvalue weighted by Crippen LogP contribution is -2.20. The fourth-order valence-electron chi connectivity index (χ4n) is 4.16. The van der Waals surface area contributed by atoms with Crippen LogP contribution in [0.2, 0.25) is 0 Å². The summed E-state index contributed by atoms with van der Waals surface area (Å²) in [6.07, 6.45) is 1.37. The van der Waals surface area contributed by atoms with Gasteiger partial charge in [-0.25, -0.2) is 15.0 Å². The van der Waals surface area contributed by atoms with Gasteiger partial charge < -0.3 is 5.32 Å². The van der Waals surface area contributed by atoms with Crippen LogP contribution < -0.4 is 5.32 Å². The number of benzene rings is 1. The topological polar surface area (TPSA) is 66.8 Å². The number of fused-ring (bicyclic) bond motifs is 1. The Bertz CT molecular complexity index is 1310. The first kappa shape index (κ1) is 22.2. The van der Waals surface area contributed by atoms with E-state index >= 15 is 0 Å². The fraction of sp³-hybridized carbons (Fsp3) is 0.280. The SMILES string of the molecule is Cc1cccnc1-c1cnc2c(Nc3ccc(C(F)(F)F)cc3)nc(CN3CCCC3)nc2c1. The molecule has 0 bridgehead atoms. The second kappa shape index (κ2) is 8.98. The molecule has 0 amide bonds. The number of anilines is 2. The van der Waals surface area contributed by atoms with E-state index in [9.17, 15) is 13.2 Å². The average molecular weight is 464 g/mol. The van der Waals surface area contributed by atoms with E-state index < -0.39 is 11.7 Å². The molecule has 1 aromatic carbocycles. The van der Waals surface area contributed by atoms with Crippen LogP contribution in [0.15, 0.2) is 54.9 Å². The van der Waals surface area contributed by atoms with E-state index in [-0.39, 0.29) is 0 Å². The Morgan fingerprint density at radius 3 is 2.47 bits per heavy atom. The Labute approximate surface area is 194 Å². The van der Waals surface area contributed by atoms with Crippen LogP contribution in [0.5, 0.6) is 0 Å². The summed E-state index contributed by atoms with van der Waals surface area (Å²) in [7, 11) is 0. The molecule has 1 saturated heterocycles. The normalized spacial score (nSPS) is 14.6. The molecule has 1 aliphatic heterocycles. The Morgan fingerprint density at radius 2 is 1.76 bits per heavy atom. The van der Waals surface area contributed by atoms with Gasteiger partial charge in [-0.15, -0.1) is 0 Å². The molecule has 1 N–H and O–H groups in total. The van der Waals surface area contributed by atoms with Crippen molar-refractivity contribution in [1.29, 1.82) is 0 Å². The number of nitrogens with zero attached hydrogens (tertiary/aromatic N) is 5. The predicted molar refractivity (Wildman–Crippen MR) is 125 cm³/mol. The van der Waals surface area contributed by atoms with E-state index in [1.54, 1.807) is 12.4 Å². The van der Waals surface area contributed by atoms with Gasteiger partial charge in [-0.05, 0) is 74.8 Å². The number of pyridine rings is 2. The van der Waals surface area contributed by atoms with Gasteiger partial charge in [0.15, 0.2) is 5.82 Å². The Hall–Kier alpha value is -3.59. The highest BCUT2D eigenvalue weighted by atomic mass is 19.4. The van der Waals surface area contributed by atoms with Crippen LogP contribution in [-0.2, 0) is 12.7 Å². The lowest BCUT2D eigenvalue weighted by atomic mass is 10.1. The van der Waals surface area contributed by atoms with Gasteiger partial charge in [0.25, 0.3) is 0 Å². The van der Waals surface area contributed by atoms with E-state index in [1.807, 2.05) is 25.1 Å². The number of rotatable bonds is 5. The number of hydrogen-bond acceptors (Lipinski definition) is 6. The third kappa shape index (κ3) is 4.70. The molecule has 0 aliphatic carbocycles. The van der Waals surface area contributed by atoms with Gasteiger partial charge in [0.05, 0.1) is 23.3 Å². The summed E-state index contributed by atoms with van der Waals surface area (Å²) in [6.45, 7) is 4.58. The summed E-state index contributed by atoms with van der Waals surface area (Å²) >= 11 is 0. The molecule has 6 nitrogen and oxygen atoms in total. The quantitative estimate of drug-likeness (QED) is 0.406. The van der Waals surface area contributed by atoms with Crippen LogP contribution in [0.25, 0.3) is 22.3 Å². The summed E-state index contributed by atoms with van der Waals surface area (Å²) in [6, 6.07) is 10.7. The molecule has 174 valence electrons. The summed E-state index contributed by atoms with van der Waals surface area (Å²) in [5.74, 6) is 1.10. The molecule has 4 aromatic rings. The number of halogens is 3. The first-order valence-electron chi connectivity index (χ1n) is 11.1. The summed E-state index contributed by atoms with van der Waals surface area (Å²) < 4.78 is 38.8. The van der Waals surface area contributed by atoms with Gasteiger partial charge in [-0.1, -0.05) is 6.07 Å². The van der Waals surface area contributed by atoms with Gasteiger partial charge in [0.1, 0.15) is 11.3 Å². The van der Waals surface area contributed by atoms with Crippen LogP contribution in [0.1, 0.15) is 29.8 Å². The van der Waals surface area contributed by atoms with Crippen LogP contribution in [0.3, 0.4) is 0 Å². The van der Waals surface area contributed by atoms with E-state index in [0.29, 0.717) is 34.9 Å². The van der Waals surface area contributed by atoms with E-state index in [2.05, 4.69) is 25.2 Å².